The van der Waals surface area contributed by atoms with E-state index in [1.165, 1.54) is 11.1 Å². The first-order valence-corrected chi connectivity index (χ1v) is 16.5. The minimum atomic E-state index is -4.18. The van der Waals surface area contributed by atoms with Gasteiger partial charge in [-0.1, -0.05) is 101 Å². The maximum absolute atomic E-state index is 13.3. The summed E-state index contributed by atoms with van der Waals surface area (Å²) < 4.78 is 26.1. The molecule has 0 unspecified atom stereocenters. The summed E-state index contributed by atoms with van der Waals surface area (Å²) in [5.74, 6) is -0.785. The number of hydrogen-bond donors (Lipinski definition) is 0. The number of carbonyl (C=O) groups is 1. The Kier molecular flexibility index (Phi) is 7.00. The van der Waals surface area contributed by atoms with Crippen LogP contribution in [0.5, 0.6) is 0 Å². The van der Waals surface area contributed by atoms with Crippen LogP contribution >= 0.6 is 10.7 Å². The van der Waals surface area contributed by atoms with Crippen LogP contribution in [0.2, 0.25) is 18.6 Å². The molecule has 0 N–H and O–H groups in total. The molecule has 1 amide bonds. The van der Waals surface area contributed by atoms with Gasteiger partial charge in [-0.3, -0.25) is 4.79 Å². The van der Waals surface area contributed by atoms with E-state index in [1.54, 1.807) is 0 Å². The van der Waals surface area contributed by atoms with Crippen molar-refractivity contribution in [1.29, 1.82) is 0 Å². The second-order valence-electron chi connectivity index (χ2n) is 10.8. The van der Waals surface area contributed by atoms with Gasteiger partial charge in [-0.15, -0.1) is 0 Å². The predicted octanol–water partition coefficient (Wildman–Crippen LogP) is 6.20. The Balaban J connectivity index is 2.20. The van der Waals surface area contributed by atoms with Crippen molar-refractivity contribution in [2.75, 3.05) is 0 Å². The molecule has 3 rings (SSSR count). The van der Waals surface area contributed by atoms with E-state index in [2.05, 4.69) is 58.1 Å². The molecule has 0 bridgehead atoms. The summed E-state index contributed by atoms with van der Waals surface area (Å²) >= 11 is 0. The molecule has 1 aliphatic rings. The number of rotatable bonds is 6. The molecule has 32 heavy (non-hydrogen) atoms. The second kappa shape index (κ2) is 8.96. The molecule has 1 heterocycles. The maximum atomic E-state index is 13.3. The first-order chi connectivity index (χ1) is 14.7. The molecule has 174 valence electrons. The highest BCUT2D eigenvalue weighted by atomic mass is 35.7. The van der Waals surface area contributed by atoms with Crippen LogP contribution < -0.4 is 0 Å². The lowest BCUT2D eigenvalue weighted by Crippen LogP contribution is -2.49. The lowest BCUT2D eigenvalue weighted by Gasteiger charge is -2.44. The van der Waals surface area contributed by atoms with E-state index >= 15 is 0 Å². The standard InChI is InChI=1S/C25H34ClNO3SSi/c1-18-22(21(17-25(2,3)4)27(24(18)28)31(26,29)30)32(5,6)23(19-13-9-7-10-14-19)20-15-11-8-12-16-20/h7-16,18,21-23H,17H2,1-6H3/t18-,21+,22-/m1/s1. The third kappa shape index (κ3) is 4.97. The minimum absolute atomic E-state index is 0.0758. The van der Waals surface area contributed by atoms with Gasteiger partial charge in [-0.25, -0.2) is 4.31 Å². The zero-order chi connectivity index (χ0) is 23.9. The van der Waals surface area contributed by atoms with Crippen LogP contribution in [0.3, 0.4) is 0 Å². The Labute approximate surface area is 198 Å². The summed E-state index contributed by atoms with van der Waals surface area (Å²) in [5.41, 5.74) is 2.29. The Bertz CT molecular complexity index is 1010. The fraction of sp³-hybridized carbons (Fsp3) is 0.480. The van der Waals surface area contributed by atoms with Gasteiger partial charge in [0.05, 0.1) is 14.1 Å². The van der Waals surface area contributed by atoms with Crippen molar-refractivity contribution in [1.82, 2.24) is 4.31 Å². The van der Waals surface area contributed by atoms with Crippen LogP contribution in [0.25, 0.3) is 0 Å². The summed E-state index contributed by atoms with van der Waals surface area (Å²) in [6, 6.07) is 20.3. The van der Waals surface area contributed by atoms with Crippen LogP contribution in [-0.2, 0) is 14.0 Å². The van der Waals surface area contributed by atoms with E-state index in [0.717, 1.165) is 4.31 Å². The molecular formula is C25H34ClNO3SSi. The monoisotopic (exact) mass is 491 g/mol. The Morgan fingerprint density at radius 2 is 1.41 bits per heavy atom. The van der Waals surface area contributed by atoms with Gasteiger partial charge in [0.15, 0.2) is 0 Å². The van der Waals surface area contributed by atoms with Crippen molar-refractivity contribution < 1.29 is 13.2 Å². The van der Waals surface area contributed by atoms with E-state index in [1.807, 2.05) is 43.3 Å². The number of carbonyl (C=O) groups excluding carboxylic acids is 1. The summed E-state index contributed by atoms with van der Waals surface area (Å²) in [4.78, 5) is 13.3. The Morgan fingerprint density at radius 1 is 0.969 bits per heavy atom. The number of halogens is 1. The predicted molar refractivity (Wildman–Crippen MR) is 135 cm³/mol. The fourth-order valence-corrected chi connectivity index (χ4v) is 12.5. The lowest BCUT2D eigenvalue weighted by atomic mass is 9.86. The average molecular weight is 492 g/mol. The molecular weight excluding hydrogens is 458 g/mol. The average Bonchev–Trinajstić information content (AvgIpc) is 2.92. The maximum Gasteiger partial charge on any atom is 0.324 e. The van der Waals surface area contributed by atoms with Crippen molar-refractivity contribution in [3.8, 4) is 0 Å². The van der Waals surface area contributed by atoms with Crippen LogP contribution in [0, 0.1) is 11.3 Å². The molecule has 3 atom stereocenters. The molecule has 2 aromatic carbocycles. The van der Waals surface area contributed by atoms with E-state index in [0.29, 0.717) is 6.42 Å². The normalized spacial score (nSPS) is 22.6. The van der Waals surface area contributed by atoms with Crippen LogP contribution in [0.4, 0.5) is 0 Å². The summed E-state index contributed by atoms with van der Waals surface area (Å²) in [6.07, 6.45) is 0.576. The largest absolute Gasteiger partial charge is 0.324 e. The van der Waals surface area contributed by atoms with Gasteiger partial charge in [0.25, 0.3) is 0 Å². The summed E-state index contributed by atoms with van der Waals surface area (Å²) in [7, 11) is -0.686. The second-order valence-corrected chi connectivity index (χ2v) is 18.1. The third-order valence-electron chi connectivity index (χ3n) is 6.79. The van der Waals surface area contributed by atoms with E-state index in [9.17, 15) is 13.2 Å². The fourth-order valence-electron chi connectivity index (χ4n) is 5.78. The van der Waals surface area contributed by atoms with Gasteiger partial charge in [0.2, 0.25) is 5.91 Å². The van der Waals surface area contributed by atoms with Gasteiger partial charge < -0.3 is 0 Å². The molecule has 0 aromatic heterocycles. The van der Waals surface area contributed by atoms with Gasteiger partial charge in [0.1, 0.15) is 0 Å². The highest BCUT2D eigenvalue weighted by molar-refractivity contribution is 8.12. The van der Waals surface area contributed by atoms with Crippen molar-refractivity contribution in [3.63, 3.8) is 0 Å². The summed E-state index contributed by atoms with van der Waals surface area (Å²) in [6.45, 7) is 12.7. The molecule has 0 radical (unpaired) electrons. The van der Waals surface area contributed by atoms with Crippen molar-refractivity contribution in [2.45, 2.75) is 64.3 Å². The number of amides is 1. The number of nitrogens with zero attached hydrogens (tertiary/aromatic N) is 1. The van der Waals surface area contributed by atoms with Gasteiger partial charge in [-0.2, -0.15) is 8.42 Å². The van der Waals surface area contributed by atoms with Crippen molar-refractivity contribution in [2.24, 2.45) is 11.3 Å². The van der Waals surface area contributed by atoms with Crippen molar-refractivity contribution >= 4 is 33.9 Å². The molecule has 0 aliphatic carbocycles. The van der Waals surface area contributed by atoms with E-state index in [4.69, 9.17) is 10.7 Å². The molecule has 4 nitrogen and oxygen atoms in total. The highest BCUT2D eigenvalue weighted by Crippen LogP contribution is 2.53. The van der Waals surface area contributed by atoms with Gasteiger partial charge in [-0.05, 0) is 28.5 Å². The number of hydrogen-bond acceptors (Lipinski definition) is 3. The molecule has 7 heteroatoms. The van der Waals surface area contributed by atoms with E-state index in [-0.39, 0.29) is 22.4 Å². The molecule has 0 spiro atoms. The molecule has 2 aromatic rings. The molecule has 1 aliphatic heterocycles. The molecule has 1 saturated heterocycles. The SMILES string of the molecule is C[C@H]1C(=O)N(S(=O)(=O)Cl)[C@@H](CC(C)(C)C)[C@@H]1[Si](C)(C)C(c1ccccc1)c1ccccc1. The van der Waals surface area contributed by atoms with E-state index < -0.39 is 29.3 Å². The molecule has 1 fully saturated rings. The third-order valence-corrected chi connectivity index (χ3v) is 12.9. The first kappa shape index (κ1) is 25.0. The lowest BCUT2D eigenvalue weighted by molar-refractivity contribution is -0.127. The highest BCUT2D eigenvalue weighted by Gasteiger charge is 2.58. The van der Waals surface area contributed by atoms with Crippen molar-refractivity contribution in [3.05, 3.63) is 71.8 Å². The van der Waals surface area contributed by atoms with Gasteiger partial charge in [0, 0.05) is 22.1 Å². The van der Waals surface area contributed by atoms with Crippen LogP contribution in [0.15, 0.2) is 60.7 Å². The number of benzene rings is 2. The van der Waals surface area contributed by atoms with Crippen LogP contribution in [-0.4, -0.2) is 32.7 Å². The zero-order valence-corrected chi connectivity index (χ0v) is 22.3. The Morgan fingerprint density at radius 3 is 1.78 bits per heavy atom. The first-order valence-electron chi connectivity index (χ1n) is 11.1. The smallest absolute Gasteiger partial charge is 0.273 e. The topological polar surface area (TPSA) is 54.5 Å². The van der Waals surface area contributed by atoms with Gasteiger partial charge >= 0.3 is 9.24 Å². The molecule has 0 saturated carbocycles. The van der Waals surface area contributed by atoms with Crippen LogP contribution in [0.1, 0.15) is 50.8 Å². The summed E-state index contributed by atoms with van der Waals surface area (Å²) in [5, 5.41) is 0. The quantitative estimate of drug-likeness (QED) is 0.357. The Hall–Kier alpha value is -1.63. The zero-order valence-electron chi connectivity index (χ0n) is 19.7. The minimum Gasteiger partial charge on any atom is -0.273 e.